The van der Waals surface area contributed by atoms with Crippen molar-refractivity contribution in [3.63, 3.8) is 0 Å². The molecule has 4 rings (SSSR count). The van der Waals surface area contributed by atoms with E-state index in [9.17, 15) is 19.2 Å². The van der Waals surface area contributed by atoms with Crippen molar-refractivity contribution in [3.05, 3.63) is 119 Å². The van der Waals surface area contributed by atoms with E-state index in [-0.39, 0.29) is 67.7 Å². The van der Waals surface area contributed by atoms with Crippen LogP contribution < -0.4 is 30.4 Å². The Morgan fingerprint density at radius 2 is 0.736 bits per heavy atom. The number of rotatable bonds is 18. The maximum atomic E-state index is 11.2. The minimum Gasteiger partial charge on any atom is -0.486 e. The van der Waals surface area contributed by atoms with Crippen molar-refractivity contribution >= 4 is 23.3 Å². The quantitative estimate of drug-likeness (QED) is 0.127. The van der Waals surface area contributed by atoms with Gasteiger partial charge in [-0.15, -0.1) is 0 Å². The van der Waals surface area contributed by atoms with Gasteiger partial charge in [0.05, 0.1) is 20.2 Å². The predicted octanol–water partition coefficient (Wildman–Crippen LogP) is 5.36. The number of hydrogen-bond donors (Lipinski definition) is 2. The van der Waals surface area contributed by atoms with E-state index in [1.54, 1.807) is 0 Å². The van der Waals surface area contributed by atoms with Gasteiger partial charge in [0.1, 0.15) is 42.8 Å². The fourth-order valence-electron chi connectivity index (χ4n) is 5.04. The summed E-state index contributed by atoms with van der Waals surface area (Å²) in [6, 6.07) is 30.7. The monoisotopic (exact) mass is 726 g/mol. The second kappa shape index (κ2) is 19.9. The van der Waals surface area contributed by atoms with Crippen LogP contribution in [-0.2, 0) is 34.7 Å². The molecule has 0 unspecified atom stereocenters. The van der Waals surface area contributed by atoms with Crippen LogP contribution >= 0.6 is 0 Å². The number of hydrogen-bond acceptors (Lipinski definition) is 11. The summed E-state index contributed by atoms with van der Waals surface area (Å²) in [6.45, 7) is 9.87. The zero-order valence-corrected chi connectivity index (χ0v) is 31.3. The van der Waals surface area contributed by atoms with Gasteiger partial charge < -0.3 is 35.2 Å². The average Bonchev–Trinajstić information content (AvgIpc) is 3.18. The number of carbonyl (C=O) groups is 4. The average molecular weight is 727 g/mol. The van der Waals surface area contributed by atoms with Gasteiger partial charge in [-0.2, -0.15) is 0 Å². The van der Waals surface area contributed by atoms with Gasteiger partial charge >= 0.3 is 5.97 Å². The Morgan fingerprint density at radius 1 is 0.472 bits per heavy atom. The molecule has 4 aromatic carbocycles. The number of methoxy groups -OCH3 is 1. The van der Waals surface area contributed by atoms with E-state index in [0.29, 0.717) is 23.0 Å². The van der Waals surface area contributed by atoms with Crippen LogP contribution in [-0.4, -0.2) is 69.9 Å². The first-order valence-corrected chi connectivity index (χ1v) is 17.1. The Balaban J connectivity index is 0.000000286. The molecule has 0 heterocycles. The van der Waals surface area contributed by atoms with Crippen molar-refractivity contribution in [1.82, 2.24) is 0 Å². The summed E-state index contributed by atoms with van der Waals surface area (Å²) >= 11 is 0. The standard InChI is InChI=1S/C21H26N2O4.C21H24O5/c1-21(2,15-3-7-19(8-4-15)26-13-17(24)11-22)16-5-9-20(10-6-16)27-14-18(25)12-23;1-15(22)13-25-18-9-5-16(6-10-18)21(2,3)17-7-11-19(12-8-17)26-14-20(23)24-4/h3-10H,11-14,22-23H2,1-2H3;5-12H,13-14H2,1-4H3. The zero-order valence-electron chi connectivity index (χ0n) is 31.3. The molecule has 4 N–H and O–H groups in total. The van der Waals surface area contributed by atoms with Gasteiger partial charge in [0.2, 0.25) is 0 Å². The number of nitrogens with two attached hydrogens (primary N) is 2. The molecule has 282 valence electrons. The van der Waals surface area contributed by atoms with Crippen LogP contribution in [0.3, 0.4) is 0 Å². The molecule has 0 atom stereocenters. The molecule has 0 radical (unpaired) electrons. The van der Waals surface area contributed by atoms with Gasteiger partial charge in [0.25, 0.3) is 0 Å². The molecule has 0 aliphatic carbocycles. The lowest BCUT2D eigenvalue weighted by Gasteiger charge is -2.26. The summed E-state index contributed by atoms with van der Waals surface area (Å²) in [7, 11) is 1.33. The predicted molar refractivity (Wildman–Crippen MR) is 203 cm³/mol. The van der Waals surface area contributed by atoms with Crippen LogP contribution in [0.4, 0.5) is 0 Å². The van der Waals surface area contributed by atoms with Gasteiger partial charge in [-0.3, -0.25) is 14.4 Å². The van der Waals surface area contributed by atoms with E-state index in [4.69, 9.17) is 30.4 Å². The highest BCUT2D eigenvalue weighted by atomic mass is 16.6. The fourth-order valence-corrected chi connectivity index (χ4v) is 5.04. The van der Waals surface area contributed by atoms with E-state index in [1.807, 2.05) is 97.1 Å². The third-order valence-electron chi connectivity index (χ3n) is 8.59. The molecule has 11 heteroatoms. The summed E-state index contributed by atoms with van der Waals surface area (Å²) in [5.74, 6) is 1.83. The lowest BCUT2D eigenvalue weighted by atomic mass is 9.78. The SMILES string of the molecule is CC(C)(c1ccc(OCC(=O)CN)cc1)c1ccc(OCC(=O)CN)cc1.COC(=O)COc1ccc(C(C)(C)c2ccc(OCC(C)=O)cc2)cc1. The number of esters is 1. The van der Waals surface area contributed by atoms with E-state index < -0.39 is 5.97 Å². The Hall–Kier alpha value is -5.52. The van der Waals surface area contributed by atoms with Crippen molar-refractivity contribution in [2.45, 2.75) is 45.4 Å². The van der Waals surface area contributed by atoms with E-state index in [1.165, 1.54) is 14.0 Å². The Bertz CT molecular complexity index is 1720. The van der Waals surface area contributed by atoms with Gasteiger partial charge in [-0.25, -0.2) is 4.79 Å². The molecule has 0 saturated carbocycles. The zero-order chi connectivity index (χ0) is 39.0. The largest absolute Gasteiger partial charge is 0.486 e. The van der Waals surface area contributed by atoms with Crippen molar-refractivity contribution in [2.75, 3.05) is 46.6 Å². The molecule has 0 fully saturated rings. The highest BCUT2D eigenvalue weighted by Crippen LogP contribution is 2.34. The maximum Gasteiger partial charge on any atom is 0.343 e. The van der Waals surface area contributed by atoms with E-state index in [2.05, 4.69) is 32.4 Å². The maximum absolute atomic E-state index is 11.2. The summed E-state index contributed by atoms with van der Waals surface area (Å²) < 4.78 is 26.2. The first kappa shape index (κ1) is 41.9. The Morgan fingerprint density at radius 3 is 0.981 bits per heavy atom. The van der Waals surface area contributed by atoms with E-state index >= 15 is 0 Å². The minimum atomic E-state index is -0.415. The molecule has 4 aromatic rings. The molecule has 0 aliphatic rings. The van der Waals surface area contributed by atoms with Crippen LogP contribution in [0.2, 0.25) is 0 Å². The number of Topliss-reactive ketones (excluding diaryl/α,β-unsaturated/α-hetero) is 3. The first-order chi connectivity index (χ1) is 25.2. The summed E-state index contributed by atoms with van der Waals surface area (Å²) in [5.41, 5.74) is 14.5. The molecule has 0 saturated heterocycles. The smallest absolute Gasteiger partial charge is 0.343 e. The lowest BCUT2D eigenvalue weighted by Crippen LogP contribution is -2.21. The van der Waals surface area contributed by atoms with Gasteiger partial charge in [0.15, 0.2) is 24.0 Å². The third kappa shape index (κ3) is 12.9. The second-order valence-electron chi connectivity index (χ2n) is 13.3. The van der Waals surface area contributed by atoms with Gasteiger partial charge in [-0.1, -0.05) is 76.2 Å². The molecular formula is C42H50N2O9. The summed E-state index contributed by atoms with van der Waals surface area (Å²) in [6.07, 6.45) is 0. The van der Waals surface area contributed by atoms with Crippen LogP contribution in [0.1, 0.15) is 56.9 Å². The first-order valence-electron chi connectivity index (χ1n) is 17.1. The number of ether oxygens (including phenoxy) is 5. The van der Waals surface area contributed by atoms with Crippen LogP contribution in [0.25, 0.3) is 0 Å². The molecule has 0 amide bonds. The molecule has 11 nitrogen and oxygen atoms in total. The van der Waals surface area contributed by atoms with Crippen molar-refractivity contribution in [3.8, 4) is 23.0 Å². The highest BCUT2D eigenvalue weighted by molar-refractivity contribution is 5.82. The van der Waals surface area contributed by atoms with Crippen molar-refractivity contribution in [1.29, 1.82) is 0 Å². The second-order valence-corrected chi connectivity index (χ2v) is 13.3. The third-order valence-corrected chi connectivity index (χ3v) is 8.59. The Kier molecular flexibility index (Phi) is 15.7. The molecule has 0 bridgehead atoms. The fraction of sp³-hybridized carbons (Fsp3) is 0.333. The summed E-state index contributed by atoms with van der Waals surface area (Å²) in [4.78, 5) is 44.6. The number of carbonyl (C=O) groups excluding carboxylic acids is 4. The topological polar surface area (TPSA) is 166 Å². The number of ketones is 3. The molecule has 0 spiro atoms. The molecular weight excluding hydrogens is 676 g/mol. The van der Waals surface area contributed by atoms with Crippen LogP contribution in [0, 0.1) is 0 Å². The van der Waals surface area contributed by atoms with Gasteiger partial charge in [0, 0.05) is 10.8 Å². The van der Waals surface area contributed by atoms with Crippen LogP contribution in [0.5, 0.6) is 23.0 Å². The summed E-state index contributed by atoms with van der Waals surface area (Å²) in [5, 5.41) is 0. The molecule has 53 heavy (non-hydrogen) atoms. The lowest BCUT2D eigenvalue weighted by molar-refractivity contribution is -0.143. The minimum absolute atomic E-state index is 0.0103. The normalized spacial score (nSPS) is 11.0. The van der Waals surface area contributed by atoms with Crippen molar-refractivity contribution < 1.29 is 42.9 Å². The Labute approximate surface area is 311 Å². The number of benzene rings is 4. The van der Waals surface area contributed by atoms with Crippen molar-refractivity contribution in [2.24, 2.45) is 11.5 Å². The highest BCUT2D eigenvalue weighted by Gasteiger charge is 2.24. The molecule has 0 aliphatic heterocycles. The molecule has 0 aromatic heterocycles. The van der Waals surface area contributed by atoms with Gasteiger partial charge in [-0.05, 0) is 77.7 Å². The van der Waals surface area contributed by atoms with E-state index in [0.717, 1.165) is 22.3 Å². The van der Waals surface area contributed by atoms with Crippen LogP contribution in [0.15, 0.2) is 97.1 Å².